The highest BCUT2D eigenvalue weighted by Gasteiger charge is 1.99. The number of unbranched alkanes of at least 4 members (excludes halogenated alkanes) is 1. The number of carbonyl (C=O) groups is 1. The number of rotatable bonds is 6. The first kappa shape index (κ1) is 14.1. The van der Waals surface area contributed by atoms with Gasteiger partial charge in [0.25, 0.3) is 0 Å². The van der Waals surface area contributed by atoms with Crippen molar-refractivity contribution in [3.8, 4) is 5.75 Å². The maximum atomic E-state index is 10.5. The Morgan fingerprint density at radius 2 is 1.95 bits per heavy atom. The van der Waals surface area contributed by atoms with Crippen LogP contribution in [0.15, 0.2) is 42.5 Å². The van der Waals surface area contributed by atoms with Crippen LogP contribution in [0.5, 0.6) is 5.75 Å². The Labute approximate surface area is 118 Å². The molecule has 0 saturated heterocycles. The minimum atomic E-state index is -0.940. The predicted octanol–water partition coefficient (Wildman–Crippen LogP) is 4.12. The van der Waals surface area contributed by atoms with Crippen LogP contribution < -0.4 is 4.74 Å². The first-order valence-corrected chi connectivity index (χ1v) is 6.76. The van der Waals surface area contributed by atoms with E-state index in [1.165, 1.54) is 0 Å². The van der Waals surface area contributed by atoms with Crippen molar-refractivity contribution in [1.29, 1.82) is 0 Å². The Morgan fingerprint density at radius 1 is 1.20 bits per heavy atom. The molecule has 0 unspecified atom stereocenters. The molecule has 3 nitrogen and oxygen atoms in total. The van der Waals surface area contributed by atoms with Gasteiger partial charge in [0.2, 0.25) is 0 Å². The average Bonchev–Trinajstić information content (AvgIpc) is 2.45. The van der Waals surface area contributed by atoms with E-state index in [0.717, 1.165) is 47.6 Å². The summed E-state index contributed by atoms with van der Waals surface area (Å²) >= 11 is 0. The third-order valence-corrected chi connectivity index (χ3v) is 3.02. The fourth-order valence-corrected chi connectivity index (χ4v) is 1.94. The van der Waals surface area contributed by atoms with E-state index in [4.69, 9.17) is 9.84 Å². The van der Waals surface area contributed by atoms with E-state index in [-0.39, 0.29) is 0 Å². The molecule has 1 N–H and O–H groups in total. The smallest absolute Gasteiger partial charge is 0.328 e. The summed E-state index contributed by atoms with van der Waals surface area (Å²) in [6.07, 6.45) is 4.90. The number of hydrogen-bond donors (Lipinski definition) is 1. The molecule has 0 heterocycles. The van der Waals surface area contributed by atoms with Crippen molar-refractivity contribution < 1.29 is 14.6 Å². The number of ether oxygens (including phenoxy) is 1. The van der Waals surface area contributed by atoms with Crippen molar-refractivity contribution in [1.82, 2.24) is 0 Å². The molecule has 0 radical (unpaired) electrons. The summed E-state index contributed by atoms with van der Waals surface area (Å²) in [5, 5.41) is 10.8. The zero-order chi connectivity index (χ0) is 14.4. The maximum absolute atomic E-state index is 10.5. The van der Waals surface area contributed by atoms with Crippen LogP contribution in [-0.2, 0) is 4.79 Å². The summed E-state index contributed by atoms with van der Waals surface area (Å²) in [5.41, 5.74) is 0.875. The van der Waals surface area contributed by atoms with Gasteiger partial charge in [0.05, 0.1) is 6.61 Å². The third-order valence-electron chi connectivity index (χ3n) is 3.02. The van der Waals surface area contributed by atoms with Crippen molar-refractivity contribution in [2.24, 2.45) is 0 Å². The van der Waals surface area contributed by atoms with Crippen molar-refractivity contribution in [3.63, 3.8) is 0 Å². The molecule has 0 aliphatic rings. The topological polar surface area (TPSA) is 46.5 Å². The van der Waals surface area contributed by atoms with Crippen molar-refractivity contribution in [3.05, 3.63) is 48.0 Å². The molecule has 3 heteroatoms. The third kappa shape index (κ3) is 3.85. The van der Waals surface area contributed by atoms with E-state index < -0.39 is 5.97 Å². The molecule has 0 fully saturated rings. The van der Waals surface area contributed by atoms with Crippen LogP contribution in [0.2, 0.25) is 0 Å². The fraction of sp³-hybridized carbons (Fsp3) is 0.235. The van der Waals surface area contributed by atoms with Gasteiger partial charge in [-0.1, -0.05) is 31.5 Å². The van der Waals surface area contributed by atoms with Gasteiger partial charge in [0, 0.05) is 6.08 Å². The van der Waals surface area contributed by atoms with Crippen LogP contribution in [0.4, 0.5) is 0 Å². The highest BCUT2D eigenvalue weighted by Crippen LogP contribution is 2.22. The van der Waals surface area contributed by atoms with Crippen LogP contribution in [-0.4, -0.2) is 17.7 Å². The van der Waals surface area contributed by atoms with Gasteiger partial charge < -0.3 is 9.84 Å². The van der Waals surface area contributed by atoms with Gasteiger partial charge >= 0.3 is 5.97 Å². The number of benzene rings is 2. The first-order valence-electron chi connectivity index (χ1n) is 6.76. The molecule has 2 aromatic rings. The number of hydrogen-bond acceptors (Lipinski definition) is 2. The lowest BCUT2D eigenvalue weighted by Gasteiger charge is -2.07. The highest BCUT2D eigenvalue weighted by molar-refractivity contribution is 5.89. The Hall–Kier alpha value is -2.29. The van der Waals surface area contributed by atoms with Gasteiger partial charge in [0.15, 0.2) is 0 Å². The molecule has 2 rings (SSSR count). The fourth-order valence-electron chi connectivity index (χ4n) is 1.94. The van der Waals surface area contributed by atoms with Crippen LogP contribution in [0.25, 0.3) is 16.8 Å². The van der Waals surface area contributed by atoms with E-state index in [2.05, 4.69) is 6.92 Å². The lowest BCUT2D eigenvalue weighted by molar-refractivity contribution is -0.131. The zero-order valence-corrected chi connectivity index (χ0v) is 11.5. The predicted molar refractivity (Wildman–Crippen MR) is 81.0 cm³/mol. The van der Waals surface area contributed by atoms with Gasteiger partial charge in [0.1, 0.15) is 5.75 Å². The summed E-state index contributed by atoms with van der Waals surface area (Å²) in [6, 6.07) is 11.8. The zero-order valence-electron chi connectivity index (χ0n) is 11.5. The monoisotopic (exact) mass is 270 g/mol. The second-order valence-corrected chi connectivity index (χ2v) is 4.64. The molecule has 0 aromatic heterocycles. The normalized spacial score (nSPS) is 11.1. The van der Waals surface area contributed by atoms with Gasteiger partial charge in [-0.05, 0) is 47.0 Å². The second-order valence-electron chi connectivity index (χ2n) is 4.64. The summed E-state index contributed by atoms with van der Waals surface area (Å²) in [7, 11) is 0. The molecule has 104 valence electrons. The van der Waals surface area contributed by atoms with Crippen molar-refractivity contribution in [2.45, 2.75) is 19.8 Å². The van der Waals surface area contributed by atoms with E-state index in [0.29, 0.717) is 0 Å². The van der Waals surface area contributed by atoms with E-state index in [9.17, 15) is 4.79 Å². The van der Waals surface area contributed by atoms with Crippen LogP contribution in [0, 0.1) is 0 Å². The average molecular weight is 270 g/mol. The molecular weight excluding hydrogens is 252 g/mol. The standard InChI is InChI=1S/C17H18O3/c1-2-3-10-20-16-8-7-14-11-13(5-9-17(18)19)4-6-15(14)12-16/h4-9,11-12H,2-3,10H2,1H3,(H,18,19). The molecule has 0 aliphatic carbocycles. The molecule has 2 aromatic carbocycles. The summed E-state index contributed by atoms with van der Waals surface area (Å²) in [6.45, 7) is 2.87. The van der Waals surface area contributed by atoms with Gasteiger partial charge in [-0.2, -0.15) is 0 Å². The Balaban J connectivity index is 2.18. The Morgan fingerprint density at radius 3 is 2.70 bits per heavy atom. The van der Waals surface area contributed by atoms with Gasteiger partial charge in [-0.25, -0.2) is 4.79 Å². The molecule has 0 atom stereocenters. The van der Waals surface area contributed by atoms with Gasteiger partial charge in [-0.3, -0.25) is 0 Å². The lowest BCUT2D eigenvalue weighted by atomic mass is 10.1. The number of aliphatic carboxylic acids is 1. The molecule has 0 bridgehead atoms. The summed E-state index contributed by atoms with van der Waals surface area (Å²) in [4.78, 5) is 10.5. The minimum absolute atomic E-state index is 0.738. The molecule has 20 heavy (non-hydrogen) atoms. The number of carboxylic acid groups (broad SMARTS) is 1. The second kappa shape index (κ2) is 6.75. The van der Waals surface area contributed by atoms with Crippen LogP contribution >= 0.6 is 0 Å². The van der Waals surface area contributed by atoms with Crippen LogP contribution in [0.1, 0.15) is 25.3 Å². The van der Waals surface area contributed by atoms with Gasteiger partial charge in [-0.15, -0.1) is 0 Å². The minimum Gasteiger partial charge on any atom is -0.494 e. The molecular formula is C17H18O3. The Bertz CT molecular complexity index is 629. The van der Waals surface area contributed by atoms with Crippen molar-refractivity contribution in [2.75, 3.05) is 6.61 Å². The highest BCUT2D eigenvalue weighted by atomic mass is 16.5. The maximum Gasteiger partial charge on any atom is 0.328 e. The van der Waals surface area contributed by atoms with Crippen molar-refractivity contribution >= 4 is 22.8 Å². The molecule has 0 amide bonds. The lowest BCUT2D eigenvalue weighted by Crippen LogP contribution is -1.96. The number of carboxylic acids is 1. The van der Waals surface area contributed by atoms with Crippen LogP contribution in [0.3, 0.4) is 0 Å². The van der Waals surface area contributed by atoms with E-state index in [1.54, 1.807) is 6.08 Å². The molecule has 0 spiro atoms. The summed E-state index contributed by atoms with van der Waals surface area (Å²) in [5.74, 6) is -0.0652. The van der Waals surface area contributed by atoms with E-state index in [1.807, 2.05) is 36.4 Å². The molecule has 0 aliphatic heterocycles. The SMILES string of the molecule is CCCCOc1ccc2cc(C=CC(=O)O)ccc2c1. The first-order chi connectivity index (χ1) is 9.69. The molecule has 0 saturated carbocycles. The Kier molecular flexibility index (Phi) is 4.77. The summed E-state index contributed by atoms with van der Waals surface area (Å²) < 4.78 is 5.67. The van der Waals surface area contributed by atoms with E-state index >= 15 is 0 Å². The largest absolute Gasteiger partial charge is 0.494 e. The number of fused-ring (bicyclic) bond motifs is 1. The quantitative estimate of drug-likeness (QED) is 0.634.